The van der Waals surface area contributed by atoms with Gasteiger partial charge in [0.25, 0.3) is 0 Å². The van der Waals surface area contributed by atoms with Gasteiger partial charge in [0.1, 0.15) is 0 Å². The summed E-state index contributed by atoms with van der Waals surface area (Å²) < 4.78 is 24.7. The first-order chi connectivity index (χ1) is 7.58. The summed E-state index contributed by atoms with van der Waals surface area (Å²) in [6.45, 7) is 0. The fourth-order valence-electron chi connectivity index (χ4n) is 1.21. The molecule has 0 spiro atoms. The number of benzene rings is 1. The van der Waals surface area contributed by atoms with Gasteiger partial charge < -0.3 is 0 Å². The lowest BCUT2D eigenvalue weighted by Crippen LogP contribution is -2.05. The number of nitrogens with one attached hydrogen (secondary N) is 1. The van der Waals surface area contributed by atoms with E-state index in [4.69, 9.17) is 0 Å². The van der Waals surface area contributed by atoms with Gasteiger partial charge in [-0.05, 0) is 40.3 Å². The highest BCUT2D eigenvalue weighted by atomic mass is 127. The molecule has 2 rings (SSSR count). The summed E-state index contributed by atoms with van der Waals surface area (Å²) >= 11 is 2.17. The fourth-order valence-corrected chi connectivity index (χ4v) is 2.75. The summed E-state index contributed by atoms with van der Waals surface area (Å²) in [5, 5.41) is 9.33. The normalized spacial score (nSPS) is 11.6. The lowest BCUT2D eigenvalue weighted by atomic mass is 10.2. The average Bonchev–Trinajstić information content (AvgIpc) is 2.75. The maximum atomic E-state index is 11.8. The average molecular weight is 349 g/mol. The van der Waals surface area contributed by atoms with Crippen molar-refractivity contribution < 1.29 is 8.42 Å². The standard InChI is InChI=1S/C9H8IN3O2S/c10-8-3-1-7(2-4-8)6-16(14,15)9-5-11-13-12-9/h1-5H,6H2,(H,11,12,13). The van der Waals surface area contributed by atoms with Crippen LogP contribution < -0.4 is 0 Å². The van der Waals surface area contributed by atoms with Gasteiger partial charge in [-0.1, -0.05) is 12.1 Å². The van der Waals surface area contributed by atoms with Crippen molar-refractivity contribution in [1.82, 2.24) is 15.4 Å². The number of nitrogens with zero attached hydrogens (tertiary/aromatic N) is 2. The highest BCUT2D eigenvalue weighted by molar-refractivity contribution is 14.1. The number of aromatic nitrogens is 3. The summed E-state index contributed by atoms with van der Waals surface area (Å²) in [7, 11) is -3.39. The Balaban J connectivity index is 2.25. The molecular formula is C9H8IN3O2S. The van der Waals surface area contributed by atoms with Crippen LogP contribution in [0.4, 0.5) is 0 Å². The molecule has 0 fully saturated rings. The van der Waals surface area contributed by atoms with E-state index in [0.717, 1.165) is 9.13 Å². The Kier molecular flexibility index (Phi) is 3.24. The minimum Gasteiger partial charge on any atom is -0.222 e. The molecule has 0 saturated heterocycles. The number of sulfone groups is 1. The van der Waals surface area contributed by atoms with Crippen molar-refractivity contribution in [3.05, 3.63) is 39.6 Å². The Hall–Kier alpha value is -0.960. The van der Waals surface area contributed by atoms with E-state index in [1.807, 2.05) is 12.1 Å². The molecule has 0 radical (unpaired) electrons. The van der Waals surface area contributed by atoms with Crippen LogP contribution in [-0.2, 0) is 15.6 Å². The van der Waals surface area contributed by atoms with Gasteiger partial charge in [-0.2, -0.15) is 10.3 Å². The molecule has 5 nitrogen and oxygen atoms in total. The van der Waals surface area contributed by atoms with Crippen LogP contribution in [0.25, 0.3) is 0 Å². The van der Waals surface area contributed by atoms with Crippen molar-refractivity contribution >= 4 is 32.4 Å². The van der Waals surface area contributed by atoms with E-state index < -0.39 is 9.84 Å². The molecule has 0 amide bonds. The number of hydrogen-bond acceptors (Lipinski definition) is 4. The molecule has 84 valence electrons. The molecule has 1 aromatic heterocycles. The van der Waals surface area contributed by atoms with Crippen molar-refractivity contribution in [3.8, 4) is 0 Å². The molecule has 1 heterocycles. The van der Waals surface area contributed by atoms with Crippen LogP contribution in [0.15, 0.2) is 35.5 Å². The van der Waals surface area contributed by atoms with Gasteiger partial charge in [0.2, 0.25) is 9.84 Å². The molecule has 1 N–H and O–H groups in total. The van der Waals surface area contributed by atoms with Crippen LogP contribution in [0.1, 0.15) is 5.56 Å². The summed E-state index contributed by atoms with van der Waals surface area (Å²) in [5.41, 5.74) is 0.739. The lowest BCUT2D eigenvalue weighted by molar-refractivity contribution is 0.591. The second-order valence-electron chi connectivity index (χ2n) is 3.19. The molecule has 0 aliphatic carbocycles. The number of aromatic amines is 1. The van der Waals surface area contributed by atoms with Crippen LogP contribution in [-0.4, -0.2) is 23.8 Å². The molecule has 0 unspecified atom stereocenters. The molecule has 0 atom stereocenters. The van der Waals surface area contributed by atoms with E-state index >= 15 is 0 Å². The number of rotatable bonds is 3. The Morgan fingerprint density at radius 2 is 1.94 bits per heavy atom. The fraction of sp³-hybridized carbons (Fsp3) is 0.111. The van der Waals surface area contributed by atoms with E-state index in [9.17, 15) is 8.42 Å². The predicted molar refractivity (Wildman–Crippen MR) is 66.4 cm³/mol. The molecule has 0 aliphatic rings. The third-order valence-corrected chi connectivity index (χ3v) is 4.25. The van der Waals surface area contributed by atoms with Gasteiger partial charge >= 0.3 is 0 Å². The highest BCUT2D eigenvalue weighted by Gasteiger charge is 2.17. The Morgan fingerprint density at radius 3 is 2.50 bits per heavy atom. The van der Waals surface area contributed by atoms with Crippen LogP contribution in [0.5, 0.6) is 0 Å². The summed E-state index contributed by atoms with van der Waals surface area (Å²) in [6, 6.07) is 7.32. The van der Waals surface area contributed by atoms with Crippen molar-refractivity contribution in [3.63, 3.8) is 0 Å². The molecule has 16 heavy (non-hydrogen) atoms. The lowest BCUT2D eigenvalue weighted by Gasteiger charge is -2.00. The predicted octanol–water partition coefficient (Wildman–Crippen LogP) is 1.38. The number of H-pyrrole nitrogens is 1. The van der Waals surface area contributed by atoms with E-state index in [2.05, 4.69) is 38.0 Å². The summed E-state index contributed by atoms with van der Waals surface area (Å²) in [4.78, 5) is 0. The minimum absolute atomic E-state index is 0.0222. The van der Waals surface area contributed by atoms with Gasteiger partial charge in [0, 0.05) is 3.57 Å². The molecule has 2 aromatic rings. The Bertz CT molecular complexity index is 563. The second kappa shape index (κ2) is 4.50. The first-order valence-electron chi connectivity index (χ1n) is 4.41. The SMILES string of the molecule is O=S(=O)(Cc1ccc(I)cc1)c1cn[nH]n1. The maximum Gasteiger partial charge on any atom is 0.203 e. The zero-order chi connectivity index (χ0) is 11.6. The maximum absolute atomic E-state index is 11.8. The van der Waals surface area contributed by atoms with Gasteiger partial charge in [0.05, 0.1) is 11.9 Å². The molecule has 0 bridgehead atoms. The van der Waals surface area contributed by atoms with Crippen molar-refractivity contribution in [1.29, 1.82) is 0 Å². The first kappa shape index (κ1) is 11.5. The van der Waals surface area contributed by atoms with Crippen LogP contribution in [0, 0.1) is 3.57 Å². The van der Waals surface area contributed by atoms with Crippen molar-refractivity contribution in [2.75, 3.05) is 0 Å². The van der Waals surface area contributed by atoms with E-state index in [-0.39, 0.29) is 10.8 Å². The van der Waals surface area contributed by atoms with E-state index in [1.165, 1.54) is 6.20 Å². The zero-order valence-electron chi connectivity index (χ0n) is 8.09. The van der Waals surface area contributed by atoms with E-state index in [1.54, 1.807) is 12.1 Å². The Labute approximate surface area is 106 Å². The second-order valence-corrected chi connectivity index (χ2v) is 6.38. The highest BCUT2D eigenvalue weighted by Crippen LogP contribution is 2.14. The summed E-state index contributed by atoms with van der Waals surface area (Å²) in [6.07, 6.45) is 1.21. The van der Waals surface area contributed by atoms with Crippen LogP contribution >= 0.6 is 22.6 Å². The molecule has 7 heteroatoms. The molecule has 0 aliphatic heterocycles. The topological polar surface area (TPSA) is 75.7 Å². The van der Waals surface area contributed by atoms with Crippen molar-refractivity contribution in [2.45, 2.75) is 10.8 Å². The Morgan fingerprint density at radius 1 is 1.25 bits per heavy atom. The monoisotopic (exact) mass is 349 g/mol. The first-order valence-corrected chi connectivity index (χ1v) is 7.14. The van der Waals surface area contributed by atoms with Crippen LogP contribution in [0.2, 0.25) is 0 Å². The number of halogens is 1. The number of hydrogen-bond donors (Lipinski definition) is 1. The third-order valence-electron chi connectivity index (χ3n) is 1.98. The van der Waals surface area contributed by atoms with Gasteiger partial charge in [-0.3, -0.25) is 0 Å². The smallest absolute Gasteiger partial charge is 0.203 e. The molecule has 1 aromatic carbocycles. The van der Waals surface area contributed by atoms with Crippen molar-refractivity contribution in [2.24, 2.45) is 0 Å². The summed E-state index contributed by atoms with van der Waals surface area (Å²) in [5.74, 6) is -0.0591. The molecule has 0 saturated carbocycles. The minimum atomic E-state index is -3.39. The van der Waals surface area contributed by atoms with Gasteiger partial charge in [-0.25, -0.2) is 8.42 Å². The largest absolute Gasteiger partial charge is 0.222 e. The quantitative estimate of drug-likeness (QED) is 0.850. The zero-order valence-corrected chi connectivity index (χ0v) is 11.1. The van der Waals surface area contributed by atoms with Gasteiger partial charge in [-0.15, -0.1) is 5.10 Å². The molecular weight excluding hydrogens is 341 g/mol. The van der Waals surface area contributed by atoms with E-state index in [0.29, 0.717) is 0 Å². The third kappa shape index (κ3) is 2.59. The van der Waals surface area contributed by atoms with Gasteiger partial charge in [0.15, 0.2) is 5.03 Å². The van der Waals surface area contributed by atoms with Crippen LogP contribution in [0.3, 0.4) is 0 Å².